The summed E-state index contributed by atoms with van der Waals surface area (Å²) in [7, 11) is 4.16. The SMILES string of the molecule is CC1=CC(C)=C(CNC(=O)c2cc(-c3ccc(N4CCNCC4)nc3)cc3c2c(C)cn3CC(C)N(C)C)C(=O)C1. The molecule has 3 aromatic rings. The smallest absolute Gasteiger partial charge is 0.252 e. The van der Waals surface area contributed by atoms with Gasteiger partial charge in [0, 0.05) is 91.7 Å². The average molecular weight is 555 g/mol. The number of Topliss-reactive ketones (excluding diaryl/α,β-unsaturated/α-hetero) is 1. The number of rotatable bonds is 8. The van der Waals surface area contributed by atoms with Crippen LogP contribution in [0.5, 0.6) is 0 Å². The Morgan fingerprint density at radius 1 is 1.12 bits per heavy atom. The van der Waals surface area contributed by atoms with Gasteiger partial charge in [-0.1, -0.05) is 11.6 Å². The van der Waals surface area contributed by atoms with Crippen molar-refractivity contribution in [3.63, 3.8) is 0 Å². The molecule has 0 bridgehead atoms. The first kappa shape index (κ1) is 28.8. The number of piperazine rings is 1. The lowest BCUT2D eigenvalue weighted by Gasteiger charge is -2.28. The van der Waals surface area contributed by atoms with Crippen LogP contribution < -0.4 is 15.5 Å². The van der Waals surface area contributed by atoms with E-state index >= 15 is 0 Å². The molecule has 1 aliphatic heterocycles. The molecule has 1 aromatic carbocycles. The lowest BCUT2D eigenvalue weighted by Crippen LogP contribution is -2.43. The number of benzene rings is 1. The Kier molecular flexibility index (Phi) is 8.42. The van der Waals surface area contributed by atoms with Crippen molar-refractivity contribution in [2.75, 3.05) is 51.7 Å². The third-order valence-electron chi connectivity index (χ3n) is 8.42. The molecule has 2 aromatic heterocycles. The summed E-state index contributed by atoms with van der Waals surface area (Å²) in [5.41, 5.74) is 7.26. The number of anilines is 1. The Balaban J connectivity index is 1.53. The summed E-state index contributed by atoms with van der Waals surface area (Å²) in [6.07, 6.45) is 6.49. The normalized spacial score (nSPS) is 16.9. The molecule has 0 radical (unpaired) electrons. The second kappa shape index (κ2) is 12.0. The number of carbonyl (C=O) groups is 2. The highest BCUT2D eigenvalue weighted by Gasteiger charge is 2.22. The number of hydrogen-bond donors (Lipinski definition) is 2. The monoisotopic (exact) mass is 554 g/mol. The van der Waals surface area contributed by atoms with Crippen LogP contribution in [0, 0.1) is 6.92 Å². The van der Waals surface area contributed by atoms with Crippen LogP contribution >= 0.6 is 0 Å². The number of hydrogen-bond acceptors (Lipinski definition) is 6. The standard InChI is InChI=1S/C33H42N6O2/c1-21-13-22(2)28(30(40)14-21)18-36-33(41)27-15-26(25-7-8-31(35-17-25)38-11-9-34-10-12-38)16-29-32(27)23(3)19-39(29)20-24(4)37(5)6/h7-8,13,15-17,19,24,34H,9-12,14,18,20H2,1-6H3,(H,36,41). The summed E-state index contributed by atoms with van der Waals surface area (Å²) in [5, 5.41) is 7.40. The second-order valence-electron chi connectivity index (χ2n) is 11.8. The molecule has 1 amide bonds. The van der Waals surface area contributed by atoms with Crippen molar-refractivity contribution in [3.8, 4) is 11.1 Å². The van der Waals surface area contributed by atoms with Crippen LogP contribution in [-0.4, -0.2) is 79.0 Å². The van der Waals surface area contributed by atoms with Crippen LogP contribution in [0.15, 0.2) is 59.5 Å². The topological polar surface area (TPSA) is 82.5 Å². The first-order valence-electron chi connectivity index (χ1n) is 14.5. The Morgan fingerprint density at radius 2 is 1.88 bits per heavy atom. The van der Waals surface area contributed by atoms with Crippen molar-refractivity contribution >= 4 is 28.4 Å². The van der Waals surface area contributed by atoms with E-state index < -0.39 is 0 Å². The molecule has 8 heteroatoms. The Morgan fingerprint density at radius 3 is 2.54 bits per heavy atom. The lowest BCUT2D eigenvalue weighted by atomic mass is 9.92. The van der Waals surface area contributed by atoms with Crippen LogP contribution in [0.1, 0.15) is 43.1 Å². The number of carbonyl (C=O) groups excluding carboxylic acids is 2. The van der Waals surface area contributed by atoms with Crippen LogP contribution in [0.25, 0.3) is 22.0 Å². The van der Waals surface area contributed by atoms with Crippen molar-refractivity contribution < 1.29 is 9.59 Å². The number of amides is 1. The second-order valence-corrected chi connectivity index (χ2v) is 11.8. The van der Waals surface area contributed by atoms with E-state index in [0.717, 1.165) is 77.3 Å². The van der Waals surface area contributed by atoms with E-state index in [1.54, 1.807) is 0 Å². The number of ketones is 1. The first-order valence-corrected chi connectivity index (χ1v) is 14.5. The van der Waals surface area contributed by atoms with Gasteiger partial charge in [-0.05, 0) is 82.8 Å². The minimum atomic E-state index is -0.178. The number of pyridine rings is 1. The van der Waals surface area contributed by atoms with E-state index in [9.17, 15) is 9.59 Å². The van der Waals surface area contributed by atoms with Gasteiger partial charge in [-0.3, -0.25) is 9.59 Å². The lowest BCUT2D eigenvalue weighted by molar-refractivity contribution is -0.115. The summed E-state index contributed by atoms with van der Waals surface area (Å²) in [4.78, 5) is 35.8. The van der Waals surface area contributed by atoms with Gasteiger partial charge in [0.25, 0.3) is 5.91 Å². The zero-order chi connectivity index (χ0) is 29.3. The van der Waals surface area contributed by atoms with Crippen molar-refractivity contribution in [2.45, 2.75) is 46.7 Å². The summed E-state index contributed by atoms with van der Waals surface area (Å²) < 4.78 is 2.25. The minimum absolute atomic E-state index is 0.0809. The molecule has 216 valence electrons. The molecule has 1 unspecified atom stereocenters. The molecule has 5 rings (SSSR count). The number of nitrogens with zero attached hydrogens (tertiary/aromatic N) is 4. The van der Waals surface area contributed by atoms with Gasteiger partial charge in [0.2, 0.25) is 0 Å². The van der Waals surface area contributed by atoms with Gasteiger partial charge in [-0.25, -0.2) is 4.98 Å². The van der Waals surface area contributed by atoms with E-state index in [1.807, 2.05) is 32.2 Å². The third-order valence-corrected chi connectivity index (χ3v) is 8.42. The van der Waals surface area contributed by atoms with Gasteiger partial charge in [-0.15, -0.1) is 0 Å². The number of likely N-dealkylation sites (N-methyl/N-ethyl adjacent to an activating group) is 1. The zero-order valence-electron chi connectivity index (χ0n) is 25.2. The van der Waals surface area contributed by atoms with E-state index in [4.69, 9.17) is 4.98 Å². The molecule has 2 aliphatic rings. The van der Waals surface area contributed by atoms with Gasteiger partial charge >= 0.3 is 0 Å². The first-order chi connectivity index (χ1) is 19.6. The molecule has 3 heterocycles. The Bertz CT molecular complexity index is 1520. The average Bonchev–Trinajstić information content (AvgIpc) is 3.27. The van der Waals surface area contributed by atoms with Crippen molar-refractivity contribution in [3.05, 3.63) is 70.6 Å². The fourth-order valence-corrected chi connectivity index (χ4v) is 5.81. The van der Waals surface area contributed by atoms with Gasteiger partial charge in [0.1, 0.15) is 5.82 Å². The van der Waals surface area contributed by atoms with E-state index in [0.29, 0.717) is 23.6 Å². The van der Waals surface area contributed by atoms with Crippen LogP contribution in [0.2, 0.25) is 0 Å². The van der Waals surface area contributed by atoms with Crippen molar-refractivity contribution in [2.24, 2.45) is 0 Å². The molecular formula is C33H42N6O2. The van der Waals surface area contributed by atoms with Crippen molar-refractivity contribution in [1.82, 2.24) is 25.1 Å². The largest absolute Gasteiger partial charge is 0.354 e. The maximum Gasteiger partial charge on any atom is 0.252 e. The Hall–Kier alpha value is -3.75. The fourth-order valence-electron chi connectivity index (χ4n) is 5.81. The molecule has 0 saturated carbocycles. The quantitative estimate of drug-likeness (QED) is 0.431. The van der Waals surface area contributed by atoms with Crippen LogP contribution in [-0.2, 0) is 11.3 Å². The van der Waals surface area contributed by atoms with E-state index in [2.05, 4.69) is 77.3 Å². The molecule has 0 spiro atoms. The molecule has 1 atom stereocenters. The summed E-state index contributed by atoms with van der Waals surface area (Å²) in [5.74, 6) is 0.874. The fraction of sp³-hybridized carbons (Fsp3) is 0.424. The molecule has 1 fully saturated rings. The maximum absolute atomic E-state index is 13.8. The summed E-state index contributed by atoms with van der Waals surface area (Å²) in [6, 6.07) is 8.63. The van der Waals surface area contributed by atoms with Gasteiger partial charge < -0.3 is 25.0 Å². The third kappa shape index (κ3) is 6.14. The summed E-state index contributed by atoms with van der Waals surface area (Å²) in [6.45, 7) is 13.0. The predicted molar refractivity (Wildman–Crippen MR) is 167 cm³/mol. The van der Waals surface area contributed by atoms with Gasteiger partial charge in [0.15, 0.2) is 5.78 Å². The Labute approximate surface area is 243 Å². The van der Waals surface area contributed by atoms with E-state index in [-0.39, 0.29) is 18.2 Å². The minimum Gasteiger partial charge on any atom is -0.354 e. The molecule has 1 saturated heterocycles. The number of fused-ring (bicyclic) bond motifs is 1. The summed E-state index contributed by atoms with van der Waals surface area (Å²) >= 11 is 0. The number of aromatic nitrogens is 2. The molecular weight excluding hydrogens is 512 g/mol. The highest BCUT2D eigenvalue weighted by molar-refractivity contribution is 6.10. The van der Waals surface area contributed by atoms with Crippen LogP contribution in [0.4, 0.5) is 5.82 Å². The molecule has 2 N–H and O–H groups in total. The highest BCUT2D eigenvalue weighted by atomic mass is 16.2. The van der Waals surface area contributed by atoms with E-state index in [1.165, 1.54) is 0 Å². The van der Waals surface area contributed by atoms with Gasteiger partial charge in [-0.2, -0.15) is 0 Å². The van der Waals surface area contributed by atoms with Crippen molar-refractivity contribution in [1.29, 1.82) is 0 Å². The zero-order valence-corrected chi connectivity index (χ0v) is 25.2. The molecule has 1 aliphatic carbocycles. The van der Waals surface area contributed by atoms with Gasteiger partial charge in [0.05, 0.1) is 0 Å². The van der Waals surface area contributed by atoms with Crippen LogP contribution in [0.3, 0.4) is 0 Å². The number of nitrogens with one attached hydrogen (secondary N) is 2. The number of allylic oxidation sites excluding steroid dienone is 3. The number of aryl methyl sites for hydroxylation is 1. The highest BCUT2D eigenvalue weighted by Crippen LogP contribution is 2.32. The maximum atomic E-state index is 13.8. The molecule has 41 heavy (non-hydrogen) atoms. The predicted octanol–water partition coefficient (Wildman–Crippen LogP) is 4.34. The molecule has 8 nitrogen and oxygen atoms in total.